The van der Waals surface area contributed by atoms with Crippen LogP contribution in [0.3, 0.4) is 0 Å². The Morgan fingerprint density at radius 2 is 1.75 bits per heavy atom. The zero-order chi connectivity index (χ0) is 19.9. The topological polar surface area (TPSA) is 43.8 Å². The summed E-state index contributed by atoms with van der Waals surface area (Å²) in [7, 11) is 2.12. The van der Waals surface area contributed by atoms with Crippen LogP contribution in [0.1, 0.15) is 41.9 Å². The Balaban J connectivity index is 1.45. The van der Waals surface area contributed by atoms with Gasteiger partial charge in [-0.15, -0.1) is 0 Å². The quantitative estimate of drug-likeness (QED) is 0.704. The van der Waals surface area contributed by atoms with Gasteiger partial charge in [0, 0.05) is 13.1 Å². The van der Waals surface area contributed by atoms with E-state index in [1.165, 1.54) is 16.7 Å². The van der Waals surface area contributed by atoms with Crippen molar-refractivity contribution < 1.29 is 9.90 Å². The first-order valence-electron chi connectivity index (χ1n) is 10.3. The molecule has 28 heavy (non-hydrogen) atoms. The van der Waals surface area contributed by atoms with E-state index in [0.29, 0.717) is 11.7 Å². The predicted molar refractivity (Wildman–Crippen MR) is 114 cm³/mol. The molecule has 4 nitrogen and oxygen atoms in total. The van der Waals surface area contributed by atoms with Gasteiger partial charge in [0.05, 0.1) is 6.04 Å². The Labute approximate surface area is 168 Å². The average molecular weight is 381 g/mol. The van der Waals surface area contributed by atoms with Crippen LogP contribution < -0.4 is 0 Å². The van der Waals surface area contributed by atoms with Gasteiger partial charge >= 0.3 is 0 Å². The number of benzene rings is 2. The van der Waals surface area contributed by atoms with Crippen molar-refractivity contribution in [3.05, 3.63) is 65.2 Å². The van der Waals surface area contributed by atoms with Crippen molar-refractivity contribution in [2.45, 2.75) is 44.7 Å². The molecule has 3 rings (SSSR count). The summed E-state index contributed by atoms with van der Waals surface area (Å²) in [6, 6.07) is 16.2. The highest BCUT2D eigenvalue weighted by atomic mass is 16.3. The summed E-state index contributed by atoms with van der Waals surface area (Å²) >= 11 is 0. The Kier molecular flexibility index (Phi) is 7.24. The van der Waals surface area contributed by atoms with E-state index in [4.69, 9.17) is 0 Å². The lowest BCUT2D eigenvalue weighted by Crippen LogP contribution is -2.43. The monoisotopic (exact) mass is 380 g/mol. The van der Waals surface area contributed by atoms with Crippen molar-refractivity contribution in [2.24, 2.45) is 0 Å². The molecule has 1 heterocycles. The zero-order valence-electron chi connectivity index (χ0n) is 17.1. The second-order valence-electron chi connectivity index (χ2n) is 8.12. The average Bonchev–Trinajstić information content (AvgIpc) is 2.71. The smallest absolute Gasteiger partial charge is 0.137 e. The molecule has 2 aromatic carbocycles. The van der Waals surface area contributed by atoms with Crippen molar-refractivity contribution in [3.63, 3.8) is 0 Å². The predicted octanol–water partition coefficient (Wildman–Crippen LogP) is 3.97. The van der Waals surface area contributed by atoms with Crippen LogP contribution >= 0.6 is 0 Å². The number of rotatable bonds is 8. The summed E-state index contributed by atoms with van der Waals surface area (Å²) in [4.78, 5) is 16.3. The molecule has 2 aromatic rings. The van der Waals surface area contributed by atoms with E-state index in [2.05, 4.69) is 48.0 Å². The van der Waals surface area contributed by atoms with Crippen LogP contribution in [0.5, 0.6) is 5.75 Å². The minimum absolute atomic E-state index is 0.00114. The lowest BCUT2D eigenvalue weighted by Gasteiger charge is -2.36. The second kappa shape index (κ2) is 9.85. The molecule has 1 fully saturated rings. The van der Waals surface area contributed by atoms with Crippen molar-refractivity contribution in [3.8, 4) is 5.75 Å². The normalized spacial score (nSPS) is 17.0. The molecule has 0 aromatic heterocycles. The van der Waals surface area contributed by atoms with Gasteiger partial charge in [-0.1, -0.05) is 42.0 Å². The van der Waals surface area contributed by atoms with Gasteiger partial charge < -0.3 is 14.8 Å². The van der Waals surface area contributed by atoms with Gasteiger partial charge in [0.1, 0.15) is 12.0 Å². The maximum Gasteiger partial charge on any atom is 0.137 e. The summed E-state index contributed by atoms with van der Waals surface area (Å²) in [5, 5.41) is 9.46. The van der Waals surface area contributed by atoms with Gasteiger partial charge in [-0.3, -0.25) is 4.90 Å². The molecule has 1 atom stereocenters. The third kappa shape index (κ3) is 5.66. The number of carbonyl (C=O) groups excluding carboxylic acids is 1. The molecule has 0 aliphatic carbocycles. The molecule has 150 valence electrons. The molecule has 1 N–H and O–H groups in total. The number of carbonyl (C=O) groups is 1. The van der Waals surface area contributed by atoms with E-state index in [0.717, 1.165) is 51.7 Å². The molecule has 0 radical (unpaired) electrons. The standard InChI is InChI=1S/C24H32N2O2/c1-19-3-5-20(6-4-19)17-25(2)14-13-23(18-27)26-15-11-22(12-16-26)21-7-9-24(28)10-8-21/h3-10,18,22-23,28H,11-17H2,1-2H3/t23-/m1/s1. The van der Waals surface area contributed by atoms with E-state index >= 15 is 0 Å². The highest BCUT2D eigenvalue weighted by Gasteiger charge is 2.25. The number of likely N-dealkylation sites (tertiary alicyclic amines) is 1. The van der Waals surface area contributed by atoms with Crippen LogP contribution in [0, 0.1) is 6.92 Å². The Morgan fingerprint density at radius 1 is 1.11 bits per heavy atom. The Morgan fingerprint density at radius 3 is 2.36 bits per heavy atom. The van der Waals surface area contributed by atoms with Crippen molar-refractivity contribution in [1.29, 1.82) is 0 Å². The number of piperidine rings is 1. The molecule has 0 saturated carbocycles. The molecule has 0 amide bonds. The fourth-order valence-electron chi connectivity index (χ4n) is 4.08. The van der Waals surface area contributed by atoms with Crippen molar-refractivity contribution in [1.82, 2.24) is 9.80 Å². The van der Waals surface area contributed by atoms with E-state index in [-0.39, 0.29) is 6.04 Å². The van der Waals surface area contributed by atoms with Crippen LogP contribution in [0.15, 0.2) is 48.5 Å². The van der Waals surface area contributed by atoms with Gasteiger partial charge in [0.15, 0.2) is 0 Å². The van der Waals surface area contributed by atoms with E-state index in [9.17, 15) is 9.90 Å². The fraction of sp³-hybridized carbons (Fsp3) is 0.458. The zero-order valence-corrected chi connectivity index (χ0v) is 17.1. The van der Waals surface area contributed by atoms with Gasteiger partial charge in [-0.05, 0) is 75.5 Å². The highest BCUT2D eigenvalue weighted by Crippen LogP contribution is 2.30. The molecular weight excluding hydrogens is 348 g/mol. The first-order valence-corrected chi connectivity index (χ1v) is 10.3. The maximum absolute atomic E-state index is 11.7. The lowest BCUT2D eigenvalue weighted by atomic mass is 9.88. The van der Waals surface area contributed by atoms with Crippen LogP contribution in [0.4, 0.5) is 0 Å². The summed E-state index contributed by atoms with van der Waals surface area (Å²) in [6.45, 7) is 5.84. The second-order valence-corrected chi connectivity index (χ2v) is 8.12. The number of aldehydes is 1. The van der Waals surface area contributed by atoms with Crippen LogP contribution in [0.25, 0.3) is 0 Å². The minimum Gasteiger partial charge on any atom is -0.508 e. The number of phenols is 1. The SMILES string of the molecule is Cc1ccc(CN(C)CC[C@H](C=O)N2CCC(c3ccc(O)cc3)CC2)cc1. The third-order valence-corrected chi connectivity index (χ3v) is 5.90. The molecule has 0 spiro atoms. The van der Waals surface area contributed by atoms with Crippen LogP contribution in [-0.2, 0) is 11.3 Å². The van der Waals surface area contributed by atoms with Crippen LogP contribution in [-0.4, -0.2) is 53.9 Å². The number of aryl methyl sites for hydroxylation is 1. The lowest BCUT2D eigenvalue weighted by molar-refractivity contribution is -0.113. The largest absolute Gasteiger partial charge is 0.508 e. The molecule has 0 bridgehead atoms. The van der Waals surface area contributed by atoms with Gasteiger partial charge in [-0.25, -0.2) is 0 Å². The third-order valence-electron chi connectivity index (χ3n) is 5.90. The van der Waals surface area contributed by atoms with E-state index in [1.807, 2.05) is 12.1 Å². The molecular formula is C24H32N2O2. The molecule has 1 saturated heterocycles. The summed E-state index contributed by atoms with van der Waals surface area (Å²) < 4.78 is 0. The number of phenolic OH excluding ortho intramolecular Hbond substituents is 1. The van der Waals surface area contributed by atoms with E-state index < -0.39 is 0 Å². The molecule has 0 unspecified atom stereocenters. The van der Waals surface area contributed by atoms with Crippen LogP contribution in [0.2, 0.25) is 0 Å². The first-order chi connectivity index (χ1) is 13.5. The van der Waals surface area contributed by atoms with Crippen molar-refractivity contribution in [2.75, 3.05) is 26.7 Å². The van der Waals surface area contributed by atoms with Gasteiger partial charge in [-0.2, -0.15) is 0 Å². The Bertz CT molecular complexity index is 734. The van der Waals surface area contributed by atoms with E-state index in [1.54, 1.807) is 12.1 Å². The highest BCUT2D eigenvalue weighted by molar-refractivity contribution is 5.57. The minimum atomic E-state index is 0.00114. The number of hydrogen-bond donors (Lipinski definition) is 1. The number of hydrogen-bond acceptors (Lipinski definition) is 4. The maximum atomic E-state index is 11.7. The fourth-order valence-corrected chi connectivity index (χ4v) is 4.08. The van der Waals surface area contributed by atoms with Gasteiger partial charge in [0.2, 0.25) is 0 Å². The number of nitrogens with zero attached hydrogens (tertiary/aromatic N) is 2. The molecule has 1 aliphatic rings. The molecule has 4 heteroatoms. The summed E-state index contributed by atoms with van der Waals surface area (Å²) in [6.07, 6.45) is 4.12. The summed E-state index contributed by atoms with van der Waals surface area (Å²) in [5.41, 5.74) is 3.88. The van der Waals surface area contributed by atoms with Crippen molar-refractivity contribution >= 4 is 6.29 Å². The summed E-state index contributed by atoms with van der Waals surface area (Å²) in [5.74, 6) is 0.838. The molecule has 1 aliphatic heterocycles. The van der Waals surface area contributed by atoms with Gasteiger partial charge in [0.25, 0.3) is 0 Å². The first kappa shape index (κ1) is 20.6. The number of aromatic hydroxyl groups is 1. The Hall–Kier alpha value is -2.17.